The third-order valence-corrected chi connectivity index (χ3v) is 2.95. The average Bonchev–Trinajstić information content (AvgIpc) is 2.33. The molecule has 17 heavy (non-hydrogen) atoms. The molecule has 0 amide bonds. The Morgan fingerprint density at radius 1 is 1.47 bits per heavy atom. The van der Waals surface area contributed by atoms with Crippen LogP contribution < -0.4 is 10.3 Å². The fraction of sp³-hybridized carbons (Fsp3) is 0.0909. The van der Waals surface area contributed by atoms with E-state index >= 15 is 0 Å². The predicted molar refractivity (Wildman–Crippen MR) is 69.5 cm³/mol. The summed E-state index contributed by atoms with van der Waals surface area (Å²) in [7, 11) is 1.38. The van der Waals surface area contributed by atoms with Crippen LogP contribution in [0.25, 0.3) is 11.4 Å². The van der Waals surface area contributed by atoms with E-state index in [4.69, 9.17) is 4.74 Å². The molecule has 0 atom stereocenters. The number of methoxy groups -OCH3 is 1. The second kappa shape index (κ2) is 4.82. The summed E-state index contributed by atoms with van der Waals surface area (Å²) in [5.41, 5.74) is 0.371. The van der Waals surface area contributed by atoms with E-state index in [-0.39, 0.29) is 11.3 Å². The normalized spacial score (nSPS) is 10.3. The fourth-order valence-corrected chi connectivity index (χ4v) is 1.61. The lowest BCUT2D eigenvalue weighted by atomic mass is 10.2. The van der Waals surface area contributed by atoms with E-state index in [1.165, 1.54) is 31.5 Å². The molecule has 1 aromatic carbocycles. The van der Waals surface area contributed by atoms with Gasteiger partial charge >= 0.3 is 0 Å². The first kappa shape index (κ1) is 12.0. The van der Waals surface area contributed by atoms with Crippen LogP contribution in [0.5, 0.6) is 5.75 Å². The number of benzene rings is 1. The smallest absolute Gasteiger partial charge is 0.264 e. The van der Waals surface area contributed by atoms with Crippen molar-refractivity contribution >= 4 is 22.6 Å². The highest BCUT2D eigenvalue weighted by atomic mass is 127. The van der Waals surface area contributed by atoms with Crippen LogP contribution in [-0.2, 0) is 0 Å². The number of ether oxygens (including phenoxy) is 1. The van der Waals surface area contributed by atoms with Gasteiger partial charge in [-0.2, -0.15) is 0 Å². The Labute approximate surface area is 110 Å². The van der Waals surface area contributed by atoms with Gasteiger partial charge in [0.1, 0.15) is 5.82 Å². The number of hydrogen-bond donors (Lipinski definition) is 1. The zero-order valence-electron chi connectivity index (χ0n) is 8.83. The average molecular weight is 346 g/mol. The maximum absolute atomic E-state index is 13.2. The van der Waals surface area contributed by atoms with E-state index in [2.05, 4.69) is 9.97 Å². The Balaban J connectivity index is 2.53. The third-order valence-electron chi connectivity index (χ3n) is 2.18. The highest BCUT2D eigenvalue weighted by Gasteiger charge is 2.07. The minimum atomic E-state index is -0.455. The highest BCUT2D eigenvalue weighted by Crippen LogP contribution is 2.23. The molecule has 0 aliphatic carbocycles. The van der Waals surface area contributed by atoms with Crippen LogP contribution in [0.3, 0.4) is 0 Å². The van der Waals surface area contributed by atoms with Crippen LogP contribution in [0.2, 0.25) is 0 Å². The lowest BCUT2D eigenvalue weighted by Gasteiger charge is -2.05. The molecule has 0 radical (unpaired) electrons. The van der Waals surface area contributed by atoms with Crippen molar-refractivity contribution in [2.24, 2.45) is 0 Å². The topological polar surface area (TPSA) is 55.0 Å². The predicted octanol–water partition coefficient (Wildman–Crippen LogP) is 2.19. The van der Waals surface area contributed by atoms with E-state index in [0.717, 1.165) is 0 Å². The number of aromatic amines is 1. The van der Waals surface area contributed by atoms with Crippen molar-refractivity contribution in [1.29, 1.82) is 0 Å². The van der Waals surface area contributed by atoms with Gasteiger partial charge in [-0.3, -0.25) is 4.79 Å². The quantitative estimate of drug-likeness (QED) is 0.849. The van der Waals surface area contributed by atoms with E-state index in [1.807, 2.05) is 22.6 Å². The number of H-pyrrole nitrogens is 1. The summed E-state index contributed by atoms with van der Waals surface area (Å²) in [5, 5.41) is 0. The molecular formula is C11H8FIN2O2. The van der Waals surface area contributed by atoms with Gasteiger partial charge in [-0.05, 0) is 40.8 Å². The molecule has 0 aliphatic heterocycles. The SMILES string of the molecule is COc1cc(-c2ncc(I)c(=O)[nH]2)ccc1F. The molecule has 1 aromatic heterocycles. The number of nitrogens with zero attached hydrogens (tertiary/aromatic N) is 1. The summed E-state index contributed by atoms with van der Waals surface area (Å²) >= 11 is 1.89. The molecule has 88 valence electrons. The van der Waals surface area contributed by atoms with Gasteiger partial charge in [-0.25, -0.2) is 9.37 Å². The molecule has 1 heterocycles. The van der Waals surface area contributed by atoms with Gasteiger partial charge in [0.25, 0.3) is 5.56 Å². The van der Waals surface area contributed by atoms with Crippen molar-refractivity contribution in [3.63, 3.8) is 0 Å². The van der Waals surface area contributed by atoms with Gasteiger partial charge in [-0.15, -0.1) is 0 Å². The van der Waals surface area contributed by atoms with Crippen molar-refractivity contribution in [2.45, 2.75) is 0 Å². The molecule has 0 bridgehead atoms. The molecule has 1 N–H and O–H groups in total. The van der Waals surface area contributed by atoms with Crippen molar-refractivity contribution in [1.82, 2.24) is 9.97 Å². The zero-order chi connectivity index (χ0) is 12.4. The van der Waals surface area contributed by atoms with Crippen molar-refractivity contribution in [2.75, 3.05) is 7.11 Å². The van der Waals surface area contributed by atoms with Crippen LogP contribution >= 0.6 is 22.6 Å². The summed E-state index contributed by atoms with van der Waals surface area (Å²) in [5.74, 6) is 0.0431. The third kappa shape index (κ3) is 2.46. The Bertz CT molecular complexity index is 613. The minimum absolute atomic E-state index is 0.115. The molecule has 0 aliphatic rings. The summed E-state index contributed by atoms with van der Waals surface area (Å²) in [6.07, 6.45) is 1.46. The van der Waals surface area contributed by atoms with E-state index in [9.17, 15) is 9.18 Å². The lowest BCUT2D eigenvalue weighted by Crippen LogP contribution is -2.11. The first-order valence-corrected chi connectivity index (χ1v) is 5.78. The van der Waals surface area contributed by atoms with E-state index < -0.39 is 5.82 Å². The van der Waals surface area contributed by atoms with E-state index in [1.54, 1.807) is 0 Å². The van der Waals surface area contributed by atoms with Gasteiger partial charge in [0, 0.05) is 11.8 Å². The first-order valence-electron chi connectivity index (χ1n) is 4.70. The molecule has 0 spiro atoms. The van der Waals surface area contributed by atoms with Crippen LogP contribution in [0, 0.1) is 9.39 Å². The summed E-state index contributed by atoms with van der Waals surface area (Å²) < 4.78 is 18.6. The van der Waals surface area contributed by atoms with Gasteiger partial charge in [0.2, 0.25) is 0 Å². The first-order chi connectivity index (χ1) is 8.11. The van der Waals surface area contributed by atoms with Crippen molar-refractivity contribution in [3.05, 3.63) is 44.1 Å². The molecule has 0 unspecified atom stereocenters. The highest BCUT2D eigenvalue weighted by molar-refractivity contribution is 14.1. The Morgan fingerprint density at radius 2 is 2.24 bits per heavy atom. The number of hydrogen-bond acceptors (Lipinski definition) is 3. The molecule has 6 heteroatoms. The maximum atomic E-state index is 13.2. The molecule has 0 saturated carbocycles. The Morgan fingerprint density at radius 3 is 2.88 bits per heavy atom. The van der Waals surface area contributed by atoms with Crippen LogP contribution in [0.1, 0.15) is 0 Å². The minimum Gasteiger partial charge on any atom is -0.494 e. The lowest BCUT2D eigenvalue weighted by molar-refractivity contribution is 0.386. The monoisotopic (exact) mass is 346 g/mol. The molecule has 2 aromatic rings. The van der Waals surface area contributed by atoms with Gasteiger partial charge in [0.15, 0.2) is 11.6 Å². The molecule has 0 saturated heterocycles. The summed E-state index contributed by atoms with van der Waals surface area (Å²) in [6.45, 7) is 0. The van der Waals surface area contributed by atoms with Crippen LogP contribution in [0.15, 0.2) is 29.2 Å². The van der Waals surface area contributed by atoms with E-state index in [0.29, 0.717) is 15.0 Å². The van der Waals surface area contributed by atoms with Crippen LogP contribution in [-0.4, -0.2) is 17.1 Å². The Hall–Kier alpha value is -1.44. The van der Waals surface area contributed by atoms with Gasteiger partial charge in [0.05, 0.1) is 10.7 Å². The number of nitrogens with one attached hydrogen (secondary N) is 1. The number of rotatable bonds is 2. The number of aromatic nitrogens is 2. The molecule has 0 fully saturated rings. The molecule has 2 rings (SSSR count). The summed E-state index contributed by atoms with van der Waals surface area (Å²) in [4.78, 5) is 18.1. The van der Waals surface area contributed by atoms with Crippen LogP contribution in [0.4, 0.5) is 4.39 Å². The Kier molecular flexibility index (Phi) is 3.41. The second-order valence-electron chi connectivity index (χ2n) is 3.26. The van der Waals surface area contributed by atoms with Crippen molar-refractivity contribution < 1.29 is 9.13 Å². The van der Waals surface area contributed by atoms with Gasteiger partial charge in [-0.1, -0.05) is 0 Å². The standard InChI is InChI=1S/C11H8FIN2O2/c1-17-9-4-6(2-3-7(9)12)10-14-5-8(13)11(16)15-10/h2-5H,1H3,(H,14,15,16). The van der Waals surface area contributed by atoms with Crippen molar-refractivity contribution in [3.8, 4) is 17.1 Å². The van der Waals surface area contributed by atoms with Gasteiger partial charge < -0.3 is 9.72 Å². The largest absolute Gasteiger partial charge is 0.494 e. The fourth-order valence-electron chi connectivity index (χ4n) is 1.33. The summed E-state index contributed by atoms with van der Waals surface area (Å²) in [6, 6.07) is 4.29. The second-order valence-corrected chi connectivity index (χ2v) is 4.42. The zero-order valence-corrected chi connectivity index (χ0v) is 11.0. The maximum Gasteiger partial charge on any atom is 0.264 e. The number of halogens is 2. The molecular weight excluding hydrogens is 338 g/mol. The molecule has 4 nitrogen and oxygen atoms in total.